The van der Waals surface area contributed by atoms with Gasteiger partial charge < -0.3 is 29.7 Å². The molecule has 56 valence electrons. The van der Waals surface area contributed by atoms with E-state index in [0.717, 1.165) is 0 Å². The SMILES string of the molecule is NC(=O)Cn1cc[nH+]c1.[I-]. The first-order valence-electron chi connectivity index (χ1n) is 2.59. The lowest BCUT2D eigenvalue weighted by molar-refractivity contribution is -0.377. The number of nitrogens with one attached hydrogen (secondary N) is 1. The van der Waals surface area contributed by atoms with Crippen LogP contribution in [0.5, 0.6) is 0 Å². The van der Waals surface area contributed by atoms with Crippen molar-refractivity contribution < 1.29 is 33.8 Å². The Hall–Kier alpha value is -0.590. The summed E-state index contributed by atoms with van der Waals surface area (Å²) in [6, 6.07) is 0. The van der Waals surface area contributed by atoms with E-state index in [-0.39, 0.29) is 36.4 Å². The van der Waals surface area contributed by atoms with Crippen LogP contribution in [0.2, 0.25) is 0 Å². The fraction of sp³-hybridized carbons (Fsp3) is 0.200. The third kappa shape index (κ3) is 2.81. The second-order valence-electron chi connectivity index (χ2n) is 1.75. The molecule has 1 rings (SSSR count). The molecule has 0 bridgehead atoms. The highest BCUT2D eigenvalue weighted by Gasteiger charge is 1.98. The van der Waals surface area contributed by atoms with E-state index in [1.807, 2.05) is 0 Å². The molecule has 0 aromatic carbocycles. The number of carbonyl (C=O) groups excluding carboxylic acids is 1. The highest BCUT2D eigenvalue weighted by Crippen LogP contribution is 1.78. The van der Waals surface area contributed by atoms with Crippen LogP contribution >= 0.6 is 0 Å². The van der Waals surface area contributed by atoms with Crippen molar-refractivity contribution in [3.63, 3.8) is 0 Å². The highest BCUT2D eigenvalue weighted by atomic mass is 127. The molecule has 4 nitrogen and oxygen atoms in total. The summed E-state index contributed by atoms with van der Waals surface area (Å²) in [6.45, 7) is 0.240. The first-order chi connectivity index (χ1) is 4.29. The number of hydrogen-bond acceptors (Lipinski definition) is 1. The van der Waals surface area contributed by atoms with E-state index in [2.05, 4.69) is 4.98 Å². The van der Waals surface area contributed by atoms with Gasteiger partial charge in [0.25, 0.3) is 5.91 Å². The Balaban J connectivity index is 0.000000810. The van der Waals surface area contributed by atoms with Crippen molar-refractivity contribution in [2.24, 2.45) is 5.73 Å². The maximum absolute atomic E-state index is 10.3. The van der Waals surface area contributed by atoms with Crippen LogP contribution in [-0.4, -0.2) is 10.5 Å². The maximum atomic E-state index is 10.3. The van der Waals surface area contributed by atoms with Crippen LogP contribution < -0.4 is 34.7 Å². The molecule has 3 N–H and O–H groups in total. The van der Waals surface area contributed by atoms with E-state index in [0.29, 0.717) is 0 Å². The van der Waals surface area contributed by atoms with Gasteiger partial charge in [-0.05, 0) is 0 Å². The Morgan fingerprint density at radius 1 is 1.70 bits per heavy atom. The Morgan fingerprint density at radius 3 is 2.80 bits per heavy atom. The number of nitrogens with zero attached hydrogens (tertiary/aromatic N) is 1. The molecule has 0 spiro atoms. The van der Waals surface area contributed by atoms with Gasteiger partial charge in [-0.15, -0.1) is 0 Å². The number of aromatic nitrogens is 2. The Bertz CT molecular complexity index is 197. The zero-order chi connectivity index (χ0) is 6.69. The Labute approximate surface area is 75.4 Å². The minimum Gasteiger partial charge on any atom is -1.00 e. The maximum Gasteiger partial charge on any atom is 0.259 e. The molecule has 0 aliphatic heterocycles. The zero-order valence-corrected chi connectivity index (χ0v) is 7.41. The van der Waals surface area contributed by atoms with Crippen molar-refractivity contribution in [1.82, 2.24) is 4.57 Å². The van der Waals surface area contributed by atoms with Crippen molar-refractivity contribution in [1.29, 1.82) is 0 Å². The lowest BCUT2D eigenvalue weighted by atomic mass is 10.6. The summed E-state index contributed by atoms with van der Waals surface area (Å²) in [5.74, 6) is -0.334. The summed E-state index contributed by atoms with van der Waals surface area (Å²) in [7, 11) is 0. The molecule has 0 fully saturated rings. The molecule has 0 atom stereocenters. The summed E-state index contributed by atoms with van der Waals surface area (Å²) < 4.78 is 1.67. The third-order valence-electron chi connectivity index (χ3n) is 0.941. The molecule has 10 heavy (non-hydrogen) atoms. The summed E-state index contributed by atoms with van der Waals surface area (Å²) in [5.41, 5.74) is 4.91. The van der Waals surface area contributed by atoms with E-state index in [1.54, 1.807) is 23.3 Å². The van der Waals surface area contributed by atoms with Crippen LogP contribution in [0.15, 0.2) is 18.7 Å². The van der Waals surface area contributed by atoms with Crippen LogP contribution in [0, 0.1) is 0 Å². The summed E-state index contributed by atoms with van der Waals surface area (Å²) in [4.78, 5) is 13.0. The molecule has 1 aromatic heterocycles. The largest absolute Gasteiger partial charge is 1.00 e. The van der Waals surface area contributed by atoms with E-state index in [4.69, 9.17) is 5.73 Å². The van der Waals surface area contributed by atoms with Gasteiger partial charge in [-0.2, -0.15) is 0 Å². The lowest BCUT2D eigenvalue weighted by Gasteiger charge is -1.85. The number of rotatable bonds is 2. The van der Waals surface area contributed by atoms with Crippen LogP contribution in [-0.2, 0) is 11.3 Å². The third-order valence-corrected chi connectivity index (χ3v) is 0.941. The molecule has 1 heterocycles. The van der Waals surface area contributed by atoms with Gasteiger partial charge in [-0.1, -0.05) is 0 Å². The van der Waals surface area contributed by atoms with Crippen molar-refractivity contribution >= 4 is 5.91 Å². The molecular formula is C5H8IN3O. The predicted octanol–water partition coefficient (Wildman–Crippen LogP) is -4.21. The van der Waals surface area contributed by atoms with Crippen LogP contribution in [0.1, 0.15) is 0 Å². The predicted molar refractivity (Wildman–Crippen MR) is 30.2 cm³/mol. The highest BCUT2D eigenvalue weighted by molar-refractivity contribution is 5.73. The fourth-order valence-corrected chi connectivity index (χ4v) is 0.599. The molecule has 0 saturated carbocycles. The molecule has 0 unspecified atom stereocenters. The Morgan fingerprint density at radius 2 is 2.40 bits per heavy atom. The molecule has 1 aromatic rings. The molecule has 1 amide bonds. The minimum atomic E-state index is -0.334. The second-order valence-corrected chi connectivity index (χ2v) is 1.75. The van der Waals surface area contributed by atoms with Crippen molar-refractivity contribution in [3.8, 4) is 0 Å². The van der Waals surface area contributed by atoms with Crippen LogP contribution in [0.3, 0.4) is 0 Å². The normalized spacial score (nSPS) is 8.40. The Kier molecular flexibility index (Phi) is 4.01. The van der Waals surface area contributed by atoms with E-state index in [9.17, 15) is 4.79 Å². The van der Waals surface area contributed by atoms with Gasteiger partial charge in [0.2, 0.25) is 6.33 Å². The van der Waals surface area contributed by atoms with Gasteiger partial charge in [0.1, 0.15) is 12.4 Å². The van der Waals surface area contributed by atoms with Gasteiger partial charge in [0.15, 0.2) is 6.54 Å². The molecule has 0 aliphatic carbocycles. The van der Waals surface area contributed by atoms with E-state index < -0.39 is 0 Å². The zero-order valence-electron chi connectivity index (χ0n) is 5.25. The lowest BCUT2D eigenvalue weighted by Crippen LogP contribution is -3.00. The van der Waals surface area contributed by atoms with Crippen molar-refractivity contribution in [2.45, 2.75) is 6.54 Å². The number of aromatic amines is 1. The van der Waals surface area contributed by atoms with Crippen LogP contribution in [0.25, 0.3) is 0 Å². The summed E-state index contributed by atoms with van der Waals surface area (Å²) in [6.07, 6.45) is 5.14. The number of carbonyl (C=O) groups is 1. The minimum absolute atomic E-state index is 0. The number of nitrogens with two attached hydrogens (primary N) is 1. The standard InChI is InChI=1S/C5H7N3O.HI/c6-5(9)3-8-2-1-7-4-8;/h1-2,4H,3H2,(H2,6,9);1H. The number of H-pyrrole nitrogens is 1. The van der Waals surface area contributed by atoms with E-state index >= 15 is 0 Å². The topological polar surface area (TPSA) is 62.2 Å². The molecule has 0 radical (unpaired) electrons. The van der Waals surface area contributed by atoms with Gasteiger partial charge in [-0.25, -0.2) is 4.57 Å². The summed E-state index contributed by atoms with van der Waals surface area (Å²) >= 11 is 0. The first-order valence-corrected chi connectivity index (χ1v) is 2.59. The summed E-state index contributed by atoms with van der Waals surface area (Å²) in [5, 5.41) is 0. The van der Waals surface area contributed by atoms with Crippen molar-refractivity contribution in [3.05, 3.63) is 18.7 Å². The molecular weight excluding hydrogens is 245 g/mol. The number of amides is 1. The van der Waals surface area contributed by atoms with E-state index in [1.165, 1.54) is 0 Å². The second kappa shape index (κ2) is 4.26. The average molecular weight is 253 g/mol. The number of halogens is 1. The average Bonchev–Trinajstić information content (AvgIpc) is 2.15. The molecule has 0 saturated heterocycles. The fourth-order valence-electron chi connectivity index (χ4n) is 0.599. The van der Waals surface area contributed by atoms with Crippen LogP contribution in [0.4, 0.5) is 0 Å². The monoisotopic (exact) mass is 253 g/mol. The smallest absolute Gasteiger partial charge is 0.259 e. The van der Waals surface area contributed by atoms with Gasteiger partial charge in [0.05, 0.1) is 0 Å². The number of primary amides is 1. The molecule has 5 heteroatoms. The number of imidazole rings is 1. The first kappa shape index (κ1) is 9.41. The van der Waals surface area contributed by atoms with Crippen molar-refractivity contribution in [2.75, 3.05) is 0 Å². The quantitative estimate of drug-likeness (QED) is 0.534. The molecule has 0 aliphatic rings. The van der Waals surface area contributed by atoms with Gasteiger partial charge in [-0.3, -0.25) is 9.78 Å². The van der Waals surface area contributed by atoms with Gasteiger partial charge >= 0.3 is 0 Å². The van der Waals surface area contributed by atoms with Gasteiger partial charge in [0, 0.05) is 0 Å². The number of hydrogen-bond donors (Lipinski definition) is 1.